The van der Waals surface area contributed by atoms with Gasteiger partial charge in [-0.1, -0.05) is 72.3 Å². The van der Waals surface area contributed by atoms with Crippen LogP contribution < -0.4 is 5.32 Å². The monoisotopic (exact) mass is 612 g/mol. The zero-order valence-electron chi connectivity index (χ0n) is 21.5. The van der Waals surface area contributed by atoms with Crippen molar-refractivity contribution in [3.8, 4) is 0 Å². The minimum Gasteiger partial charge on any atom is -0.385 e. The zero-order valence-corrected chi connectivity index (χ0v) is 22.3. The average Bonchev–Trinajstić information content (AvgIpc) is 2.96. The molecule has 1 aromatic heterocycles. The summed E-state index contributed by atoms with van der Waals surface area (Å²) in [4.78, 5) is 4.16. The van der Waals surface area contributed by atoms with Gasteiger partial charge in [-0.3, -0.25) is 10.3 Å². The van der Waals surface area contributed by atoms with Gasteiger partial charge in [0.1, 0.15) is 11.9 Å². The van der Waals surface area contributed by atoms with Gasteiger partial charge in [0, 0.05) is 12.6 Å². The summed E-state index contributed by atoms with van der Waals surface area (Å²) in [6, 6.07) is 18.2. The molecule has 3 N–H and O–H groups in total. The Morgan fingerprint density at radius 2 is 1.40 bits per heavy atom. The van der Waals surface area contributed by atoms with Gasteiger partial charge in [0.25, 0.3) is 6.43 Å². The maximum atomic E-state index is 16.2. The SMILES string of the molecule is OC(C(F)N[C@@](Cc1ccccc1)(c1cc(F)cc(C(F)(F)F)c1)c1ccc(Cl)cn1)C(O)(c1ccccc1)C(F)F. The largest absolute Gasteiger partial charge is 0.416 e. The van der Waals surface area contributed by atoms with Gasteiger partial charge in [0.15, 0.2) is 11.9 Å². The molecular formula is C30H24ClF7N2O2. The number of hydrogen-bond donors (Lipinski definition) is 3. The fraction of sp³-hybridized carbons (Fsp3) is 0.233. The number of aromatic nitrogens is 1. The van der Waals surface area contributed by atoms with E-state index in [-0.39, 0.29) is 16.8 Å². The number of halogens is 8. The highest BCUT2D eigenvalue weighted by Gasteiger charge is 2.52. The van der Waals surface area contributed by atoms with Crippen LogP contribution in [0.25, 0.3) is 0 Å². The van der Waals surface area contributed by atoms with Gasteiger partial charge >= 0.3 is 6.18 Å². The summed E-state index contributed by atoms with van der Waals surface area (Å²) in [5.41, 5.74) is -7.84. The third-order valence-corrected chi connectivity index (χ3v) is 7.10. The molecule has 0 spiro atoms. The maximum absolute atomic E-state index is 16.2. The normalized spacial score (nSPS) is 16.5. The van der Waals surface area contributed by atoms with Crippen molar-refractivity contribution in [1.82, 2.24) is 10.3 Å². The number of aliphatic hydroxyl groups is 2. The van der Waals surface area contributed by atoms with Gasteiger partial charge in [-0.25, -0.2) is 17.6 Å². The highest BCUT2D eigenvalue weighted by Crippen LogP contribution is 2.40. The van der Waals surface area contributed by atoms with Crippen LogP contribution in [0.15, 0.2) is 97.2 Å². The van der Waals surface area contributed by atoms with Crippen molar-refractivity contribution in [3.05, 3.63) is 136 Å². The van der Waals surface area contributed by atoms with Crippen LogP contribution in [0.3, 0.4) is 0 Å². The summed E-state index contributed by atoms with van der Waals surface area (Å²) in [7, 11) is 0. The van der Waals surface area contributed by atoms with E-state index in [0.717, 1.165) is 24.4 Å². The van der Waals surface area contributed by atoms with E-state index in [1.807, 2.05) is 0 Å². The standard InChI is InChI=1S/C30H24ClF7N2O2/c31-22-11-12-24(39-17-22)28(16-18-7-3-1-4-8-18,20-13-21(30(36,37)38)15-23(32)14-20)40-26(33)25(41)29(42,27(34)35)19-9-5-2-6-10-19/h1-15,17,25-27,40-42H,16H2/t25?,26?,28-,29?/m0/s1. The highest BCUT2D eigenvalue weighted by atomic mass is 35.5. The summed E-state index contributed by atoms with van der Waals surface area (Å²) in [6.07, 6.45) is -13.8. The molecule has 3 aromatic carbocycles. The molecule has 0 aliphatic heterocycles. The average molecular weight is 613 g/mol. The van der Waals surface area contributed by atoms with Crippen molar-refractivity contribution >= 4 is 11.6 Å². The third-order valence-electron chi connectivity index (χ3n) is 6.88. The molecule has 0 saturated carbocycles. The van der Waals surface area contributed by atoms with Gasteiger partial charge in [0.2, 0.25) is 0 Å². The number of hydrogen-bond acceptors (Lipinski definition) is 4. The van der Waals surface area contributed by atoms with E-state index >= 15 is 4.39 Å². The van der Waals surface area contributed by atoms with Crippen molar-refractivity contribution in [1.29, 1.82) is 0 Å². The van der Waals surface area contributed by atoms with Crippen LogP contribution in [0.1, 0.15) is 27.9 Å². The Hall–Kier alpha value is -3.51. The molecule has 12 heteroatoms. The van der Waals surface area contributed by atoms with E-state index in [4.69, 9.17) is 11.6 Å². The van der Waals surface area contributed by atoms with Crippen molar-refractivity contribution in [2.45, 2.75) is 42.6 Å². The van der Waals surface area contributed by atoms with Crippen molar-refractivity contribution in [2.24, 2.45) is 0 Å². The number of pyridine rings is 1. The topological polar surface area (TPSA) is 65.4 Å². The van der Waals surface area contributed by atoms with E-state index in [9.17, 15) is 36.6 Å². The molecule has 222 valence electrons. The Labute approximate surface area is 241 Å². The molecule has 4 atom stereocenters. The summed E-state index contributed by atoms with van der Waals surface area (Å²) in [6.45, 7) is 0. The van der Waals surface area contributed by atoms with Crippen molar-refractivity contribution < 1.29 is 40.9 Å². The predicted octanol–water partition coefficient (Wildman–Crippen LogP) is 6.78. The fourth-order valence-electron chi connectivity index (χ4n) is 4.75. The second-order valence-electron chi connectivity index (χ2n) is 9.64. The number of nitrogens with one attached hydrogen (secondary N) is 1. The van der Waals surface area contributed by atoms with E-state index in [0.29, 0.717) is 11.6 Å². The Morgan fingerprint density at radius 1 is 0.810 bits per heavy atom. The lowest BCUT2D eigenvalue weighted by atomic mass is 9.78. The molecule has 0 bridgehead atoms. The molecule has 0 aliphatic rings. The summed E-state index contributed by atoms with van der Waals surface area (Å²) >= 11 is 5.97. The van der Waals surface area contributed by atoms with Crippen molar-refractivity contribution in [2.75, 3.05) is 0 Å². The second kappa shape index (κ2) is 12.4. The van der Waals surface area contributed by atoms with Crippen LogP contribution in [0.2, 0.25) is 5.02 Å². The highest BCUT2D eigenvalue weighted by molar-refractivity contribution is 6.30. The molecule has 4 nitrogen and oxygen atoms in total. The number of alkyl halides is 6. The van der Waals surface area contributed by atoms with Crippen LogP contribution in [0.5, 0.6) is 0 Å². The molecule has 0 radical (unpaired) electrons. The van der Waals surface area contributed by atoms with Crippen LogP contribution in [0.4, 0.5) is 30.7 Å². The fourth-order valence-corrected chi connectivity index (χ4v) is 4.86. The number of rotatable bonds is 10. The summed E-state index contributed by atoms with van der Waals surface area (Å²) < 4.78 is 101. The predicted molar refractivity (Wildman–Crippen MR) is 142 cm³/mol. The minimum absolute atomic E-state index is 0.107. The molecule has 42 heavy (non-hydrogen) atoms. The molecule has 0 aliphatic carbocycles. The Balaban J connectivity index is 1.95. The maximum Gasteiger partial charge on any atom is 0.416 e. The molecule has 0 saturated heterocycles. The first-order valence-corrected chi connectivity index (χ1v) is 12.9. The van der Waals surface area contributed by atoms with E-state index in [1.54, 1.807) is 30.3 Å². The van der Waals surface area contributed by atoms with E-state index < -0.39 is 65.1 Å². The Kier molecular flexibility index (Phi) is 9.27. The van der Waals surface area contributed by atoms with Gasteiger partial charge in [-0.05, 0) is 47.0 Å². The smallest absolute Gasteiger partial charge is 0.385 e. The molecule has 3 unspecified atom stereocenters. The Bertz CT molecular complexity index is 1480. The Morgan fingerprint density at radius 3 is 1.95 bits per heavy atom. The first-order valence-electron chi connectivity index (χ1n) is 12.5. The molecule has 4 aromatic rings. The van der Waals surface area contributed by atoms with Gasteiger partial charge < -0.3 is 10.2 Å². The molecule has 0 amide bonds. The first kappa shape index (κ1) is 31.4. The lowest BCUT2D eigenvalue weighted by Crippen LogP contribution is -2.59. The number of nitrogens with zero attached hydrogens (tertiary/aromatic N) is 1. The lowest BCUT2D eigenvalue weighted by Gasteiger charge is -2.41. The van der Waals surface area contributed by atoms with Crippen molar-refractivity contribution in [3.63, 3.8) is 0 Å². The number of aliphatic hydroxyl groups excluding tert-OH is 1. The van der Waals surface area contributed by atoms with E-state index in [2.05, 4.69) is 10.3 Å². The van der Waals surface area contributed by atoms with Gasteiger partial charge in [-0.15, -0.1) is 0 Å². The minimum atomic E-state index is -5.01. The molecular weight excluding hydrogens is 589 g/mol. The van der Waals surface area contributed by atoms with Gasteiger partial charge in [0.05, 0.1) is 21.8 Å². The van der Waals surface area contributed by atoms with E-state index in [1.165, 1.54) is 30.3 Å². The van der Waals surface area contributed by atoms with Crippen LogP contribution in [-0.4, -0.2) is 34.0 Å². The van der Waals surface area contributed by atoms with Crippen LogP contribution in [-0.2, 0) is 23.7 Å². The summed E-state index contributed by atoms with van der Waals surface area (Å²) in [5, 5.41) is 24.3. The number of benzene rings is 3. The lowest BCUT2D eigenvalue weighted by molar-refractivity contribution is -0.192. The molecule has 4 rings (SSSR count). The van der Waals surface area contributed by atoms with Crippen LogP contribution >= 0.6 is 11.6 Å². The second-order valence-corrected chi connectivity index (χ2v) is 10.1. The zero-order chi connectivity index (χ0) is 30.7. The molecule has 1 heterocycles. The quantitative estimate of drug-likeness (QED) is 0.137. The third kappa shape index (κ3) is 6.44. The van der Waals surface area contributed by atoms with Gasteiger partial charge in [-0.2, -0.15) is 13.2 Å². The molecule has 0 fully saturated rings. The first-order chi connectivity index (χ1) is 19.8. The van der Waals surface area contributed by atoms with Crippen LogP contribution in [0, 0.1) is 5.82 Å². The summed E-state index contributed by atoms with van der Waals surface area (Å²) in [5.74, 6) is -1.32.